The largest absolute Gasteiger partial charge is 0.423 e. The molecule has 0 aliphatic rings. The smallest absolute Gasteiger partial charge is 0.299 e. The van der Waals surface area contributed by atoms with Crippen LogP contribution in [0.1, 0.15) is 10.4 Å². The van der Waals surface area contributed by atoms with Crippen molar-refractivity contribution in [2.75, 3.05) is 5.32 Å². The average Bonchev–Trinajstić information content (AvgIpc) is 3.05. The van der Waals surface area contributed by atoms with Crippen LogP contribution < -0.4 is 10.8 Å². The first-order valence-electron chi connectivity index (χ1n) is 6.69. The summed E-state index contributed by atoms with van der Waals surface area (Å²) < 4.78 is 19.1. The zero-order valence-corrected chi connectivity index (χ0v) is 11.8. The molecule has 7 heteroatoms. The zero-order chi connectivity index (χ0) is 16.2. The lowest BCUT2D eigenvalue weighted by atomic mass is 10.1. The number of hydrogen-bond donors (Lipinski definition) is 3. The highest BCUT2D eigenvalue weighted by Gasteiger charge is 2.11. The van der Waals surface area contributed by atoms with Gasteiger partial charge in [-0.3, -0.25) is 10.0 Å². The maximum absolute atomic E-state index is 13.6. The van der Waals surface area contributed by atoms with Crippen LogP contribution in [0.2, 0.25) is 0 Å². The van der Waals surface area contributed by atoms with E-state index in [0.29, 0.717) is 11.3 Å². The fraction of sp³-hybridized carbons (Fsp3) is 0. The van der Waals surface area contributed by atoms with Crippen molar-refractivity contribution in [2.45, 2.75) is 0 Å². The standard InChI is InChI=1S/C16H12FN3O3/c17-12-6-1-2-7-13(12)19-16-18-9-14(23-16)10-4-3-5-11(8-10)15(21)20-22/h1-9,22H,(H,18,19)(H,20,21). The van der Waals surface area contributed by atoms with Gasteiger partial charge in [0.25, 0.3) is 11.9 Å². The Labute approximate surface area is 130 Å². The first-order chi connectivity index (χ1) is 11.2. The summed E-state index contributed by atoms with van der Waals surface area (Å²) in [5, 5.41) is 11.4. The molecule has 3 aromatic rings. The van der Waals surface area contributed by atoms with E-state index in [0.717, 1.165) is 0 Å². The molecule has 0 fully saturated rings. The van der Waals surface area contributed by atoms with E-state index in [1.807, 2.05) is 0 Å². The molecule has 0 aliphatic carbocycles. The molecule has 0 spiro atoms. The minimum atomic E-state index is -0.629. The van der Waals surface area contributed by atoms with Crippen LogP contribution in [-0.2, 0) is 0 Å². The third-order valence-electron chi connectivity index (χ3n) is 3.13. The van der Waals surface area contributed by atoms with Gasteiger partial charge in [0.15, 0.2) is 5.76 Å². The van der Waals surface area contributed by atoms with Crippen molar-refractivity contribution in [3.63, 3.8) is 0 Å². The number of rotatable bonds is 4. The molecule has 0 saturated carbocycles. The number of aromatic nitrogens is 1. The Morgan fingerprint density at radius 2 is 2.00 bits per heavy atom. The summed E-state index contributed by atoms with van der Waals surface area (Å²) in [6.07, 6.45) is 1.46. The summed E-state index contributed by atoms with van der Waals surface area (Å²) in [4.78, 5) is 15.4. The molecule has 1 aromatic heterocycles. The summed E-state index contributed by atoms with van der Waals surface area (Å²) >= 11 is 0. The Hall–Kier alpha value is -3.19. The SMILES string of the molecule is O=C(NO)c1cccc(-c2cnc(Nc3ccccc3F)o2)c1. The summed E-state index contributed by atoms with van der Waals surface area (Å²) in [5.74, 6) is -0.652. The number of carbonyl (C=O) groups excluding carboxylic acids is 1. The van der Waals surface area contributed by atoms with E-state index in [4.69, 9.17) is 9.62 Å². The van der Waals surface area contributed by atoms with Gasteiger partial charge in [0, 0.05) is 11.1 Å². The van der Waals surface area contributed by atoms with Gasteiger partial charge < -0.3 is 9.73 Å². The van der Waals surface area contributed by atoms with Crippen molar-refractivity contribution < 1.29 is 18.8 Å². The summed E-state index contributed by atoms with van der Waals surface area (Å²) in [6.45, 7) is 0. The van der Waals surface area contributed by atoms with Crippen LogP contribution in [0.4, 0.5) is 16.1 Å². The molecular formula is C16H12FN3O3. The molecule has 116 valence electrons. The Balaban J connectivity index is 1.85. The van der Waals surface area contributed by atoms with Crippen molar-refractivity contribution in [1.29, 1.82) is 0 Å². The Morgan fingerprint density at radius 1 is 1.17 bits per heavy atom. The second-order valence-electron chi connectivity index (χ2n) is 4.66. The molecule has 0 atom stereocenters. The van der Waals surface area contributed by atoms with E-state index in [1.165, 1.54) is 12.3 Å². The monoisotopic (exact) mass is 313 g/mol. The number of nitrogens with zero attached hydrogens (tertiary/aromatic N) is 1. The number of hydroxylamine groups is 1. The molecule has 2 aromatic carbocycles. The molecule has 3 N–H and O–H groups in total. The quantitative estimate of drug-likeness (QED) is 0.508. The van der Waals surface area contributed by atoms with Crippen LogP contribution in [0.25, 0.3) is 11.3 Å². The molecule has 0 bridgehead atoms. The lowest BCUT2D eigenvalue weighted by Crippen LogP contribution is -2.18. The van der Waals surface area contributed by atoms with Crippen molar-refractivity contribution >= 4 is 17.6 Å². The van der Waals surface area contributed by atoms with Crippen molar-refractivity contribution in [3.05, 3.63) is 66.1 Å². The lowest BCUT2D eigenvalue weighted by Gasteiger charge is -2.03. The molecule has 0 unspecified atom stereocenters. The van der Waals surface area contributed by atoms with E-state index >= 15 is 0 Å². The second-order valence-corrected chi connectivity index (χ2v) is 4.66. The first-order valence-corrected chi connectivity index (χ1v) is 6.69. The maximum atomic E-state index is 13.6. The highest BCUT2D eigenvalue weighted by atomic mass is 19.1. The number of carbonyl (C=O) groups is 1. The Bertz CT molecular complexity index is 848. The second kappa shape index (κ2) is 6.29. The van der Waals surface area contributed by atoms with Gasteiger partial charge in [-0.05, 0) is 24.3 Å². The predicted molar refractivity (Wildman–Crippen MR) is 80.9 cm³/mol. The number of oxazole rings is 1. The number of benzene rings is 2. The third-order valence-corrected chi connectivity index (χ3v) is 3.13. The number of amides is 1. The number of hydrogen-bond acceptors (Lipinski definition) is 5. The fourth-order valence-electron chi connectivity index (χ4n) is 2.02. The number of para-hydroxylation sites is 1. The summed E-state index contributed by atoms with van der Waals surface area (Å²) in [7, 11) is 0. The minimum absolute atomic E-state index is 0.127. The molecule has 0 saturated heterocycles. The summed E-state index contributed by atoms with van der Waals surface area (Å²) in [6, 6.07) is 12.7. The maximum Gasteiger partial charge on any atom is 0.299 e. The third kappa shape index (κ3) is 3.19. The van der Waals surface area contributed by atoms with E-state index in [1.54, 1.807) is 47.9 Å². The molecular weight excluding hydrogens is 301 g/mol. The topological polar surface area (TPSA) is 87.4 Å². The Morgan fingerprint density at radius 3 is 2.78 bits per heavy atom. The first kappa shape index (κ1) is 14.7. The number of nitrogens with one attached hydrogen (secondary N) is 2. The van der Waals surface area contributed by atoms with Crippen molar-refractivity contribution in [1.82, 2.24) is 10.5 Å². The van der Waals surface area contributed by atoms with E-state index in [2.05, 4.69) is 10.3 Å². The van der Waals surface area contributed by atoms with Crippen LogP contribution in [0, 0.1) is 5.82 Å². The van der Waals surface area contributed by atoms with Crippen molar-refractivity contribution in [2.24, 2.45) is 0 Å². The van der Waals surface area contributed by atoms with Gasteiger partial charge in [-0.2, -0.15) is 0 Å². The van der Waals surface area contributed by atoms with Crippen LogP contribution in [0.15, 0.2) is 59.1 Å². The molecule has 1 heterocycles. The zero-order valence-electron chi connectivity index (χ0n) is 11.8. The van der Waals surface area contributed by atoms with Gasteiger partial charge in [0.2, 0.25) is 0 Å². The molecule has 0 radical (unpaired) electrons. The van der Waals surface area contributed by atoms with E-state index < -0.39 is 11.7 Å². The predicted octanol–water partition coefficient (Wildman–Crippen LogP) is 3.34. The normalized spacial score (nSPS) is 10.3. The molecule has 6 nitrogen and oxygen atoms in total. The lowest BCUT2D eigenvalue weighted by molar-refractivity contribution is 0.0706. The highest BCUT2D eigenvalue weighted by molar-refractivity contribution is 5.94. The molecule has 0 aliphatic heterocycles. The number of anilines is 2. The van der Waals surface area contributed by atoms with E-state index in [9.17, 15) is 9.18 Å². The van der Waals surface area contributed by atoms with Gasteiger partial charge in [-0.15, -0.1) is 0 Å². The van der Waals surface area contributed by atoms with Gasteiger partial charge in [-0.25, -0.2) is 14.9 Å². The van der Waals surface area contributed by atoms with Crippen LogP contribution >= 0.6 is 0 Å². The van der Waals surface area contributed by atoms with Gasteiger partial charge in [0.1, 0.15) is 5.82 Å². The van der Waals surface area contributed by atoms with Gasteiger partial charge in [-0.1, -0.05) is 24.3 Å². The number of halogens is 1. The molecule has 23 heavy (non-hydrogen) atoms. The molecule has 1 amide bonds. The van der Waals surface area contributed by atoms with Gasteiger partial charge in [0.05, 0.1) is 11.9 Å². The van der Waals surface area contributed by atoms with Crippen LogP contribution in [0.5, 0.6) is 0 Å². The van der Waals surface area contributed by atoms with E-state index in [-0.39, 0.29) is 17.3 Å². The van der Waals surface area contributed by atoms with Crippen molar-refractivity contribution in [3.8, 4) is 11.3 Å². The van der Waals surface area contributed by atoms with Gasteiger partial charge >= 0.3 is 0 Å². The average molecular weight is 313 g/mol. The van der Waals surface area contributed by atoms with Crippen LogP contribution in [0.3, 0.4) is 0 Å². The Kier molecular flexibility index (Phi) is 4.03. The fourth-order valence-corrected chi connectivity index (χ4v) is 2.02. The minimum Gasteiger partial charge on any atom is -0.423 e. The highest BCUT2D eigenvalue weighted by Crippen LogP contribution is 2.26. The van der Waals surface area contributed by atoms with Crippen LogP contribution in [-0.4, -0.2) is 16.1 Å². The molecule has 3 rings (SSSR count). The summed E-state index contributed by atoms with van der Waals surface area (Å²) in [5.41, 5.74) is 2.68.